The van der Waals surface area contributed by atoms with Gasteiger partial charge in [-0.15, -0.1) is 0 Å². The molecule has 2 heterocycles. The van der Waals surface area contributed by atoms with Crippen LogP contribution in [-0.4, -0.2) is 76.3 Å². The van der Waals surface area contributed by atoms with E-state index in [4.69, 9.17) is 9.47 Å². The van der Waals surface area contributed by atoms with Crippen LogP contribution in [0, 0.1) is 0 Å². The Morgan fingerprint density at radius 1 is 1.19 bits per heavy atom. The maximum atomic E-state index is 12.4. The van der Waals surface area contributed by atoms with Gasteiger partial charge in [-0.05, 0) is 11.6 Å². The molecule has 0 aromatic heterocycles. The van der Waals surface area contributed by atoms with Gasteiger partial charge in [0.2, 0.25) is 15.9 Å². The van der Waals surface area contributed by atoms with Crippen molar-refractivity contribution in [3.05, 3.63) is 29.8 Å². The fraction of sp³-hybridized carbons (Fsp3) is 0.611. The number of ether oxygens (including phenoxy) is 2. The lowest BCUT2D eigenvalue weighted by atomic mass is 10.0. The smallest absolute Gasteiger partial charge is 0.242 e. The first kappa shape index (κ1) is 20.2. The topological polar surface area (TPSA) is 88.2 Å². The zero-order valence-corrected chi connectivity index (χ0v) is 16.6. The van der Waals surface area contributed by atoms with Gasteiger partial charge in [0.25, 0.3) is 0 Å². The predicted molar refractivity (Wildman–Crippen MR) is 99.5 cm³/mol. The van der Waals surface area contributed by atoms with E-state index in [0.29, 0.717) is 18.8 Å². The summed E-state index contributed by atoms with van der Waals surface area (Å²) in [5, 5.41) is 2.83. The van der Waals surface area contributed by atoms with Crippen LogP contribution in [0.2, 0.25) is 0 Å². The summed E-state index contributed by atoms with van der Waals surface area (Å²) in [6, 6.07) is 6.72. The van der Waals surface area contributed by atoms with Gasteiger partial charge in [0, 0.05) is 46.6 Å². The quantitative estimate of drug-likeness (QED) is 0.747. The molecule has 2 aliphatic rings. The normalized spacial score (nSPS) is 20.3. The molecule has 1 aromatic rings. The summed E-state index contributed by atoms with van der Waals surface area (Å²) >= 11 is 0. The third-order valence-corrected chi connectivity index (χ3v) is 6.92. The molecule has 0 radical (unpaired) electrons. The van der Waals surface area contributed by atoms with E-state index in [1.165, 1.54) is 18.4 Å². The van der Waals surface area contributed by atoms with Crippen LogP contribution in [-0.2, 0) is 30.8 Å². The first-order valence-corrected chi connectivity index (χ1v) is 10.5. The highest BCUT2D eigenvalue weighted by atomic mass is 32.2. The molecule has 2 fully saturated rings. The molecular formula is C18H27N3O5S. The predicted octanol–water partition coefficient (Wildman–Crippen LogP) is 0.392. The SMILES string of the molecule is CN(C)S(=O)(=O)c1ccccc1CNC(=O)CN1CCC2(CC1)OCCO2. The standard InChI is InChI=1S/C18H27N3O5S/c1-20(2)27(23,24)16-6-4-3-5-15(16)13-19-17(22)14-21-9-7-18(8-10-21)25-11-12-26-18/h3-6H,7-14H2,1-2H3,(H,19,22). The summed E-state index contributed by atoms with van der Waals surface area (Å²) in [5.74, 6) is -0.580. The van der Waals surface area contributed by atoms with Gasteiger partial charge in [-0.25, -0.2) is 12.7 Å². The summed E-state index contributed by atoms with van der Waals surface area (Å²) in [6.07, 6.45) is 1.51. The van der Waals surface area contributed by atoms with Gasteiger partial charge < -0.3 is 14.8 Å². The second-order valence-corrected chi connectivity index (χ2v) is 9.18. The van der Waals surface area contributed by atoms with E-state index in [1.807, 2.05) is 0 Å². The number of likely N-dealkylation sites (tertiary alicyclic amines) is 1. The van der Waals surface area contributed by atoms with E-state index in [1.54, 1.807) is 24.3 Å². The molecule has 27 heavy (non-hydrogen) atoms. The van der Waals surface area contributed by atoms with Gasteiger partial charge in [0.15, 0.2) is 5.79 Å². The molecule has 1 amide bonds. The molecule has 9 heteroatoms. The van der Waals surface area contributed by atoms with Gasteiger partial charge in [0.1, 0.15) is 0 Å². The lowest BCUT2D eigenvalue weighted by Gasteiger charge is -2.37. The van der Waals surface area contributed by atoms with Crippen molar-refractivity contribution in [2.75, 3.05) is 46.9 Å². The van der Waals surface area contributed by atoms with E-state index >= 15 is 0 Å². The van der Waals surface area contributed by atoms with Crippen molar-refractivity contribution in [2.45, 2.75) is 30.1 Å². The Hall–Kier alpha value is -1.52. The highest BCUT2D eigenvalue weighted by molar-refractivity contribution is 7.89. The largest absolute Gasteiger partial charge is 0.351 e. The van der Waals surface area contributed by atoms with Crippen molar-refractivity contribution >= 4 is 15.9 Å². The molecule has 8 nitrogen and oxygen atoms in total. The van der Waals surface area contributed by atoms with Crippen LogP contribution in [0.25, 0.3) is 0 Å². The molecule has 2 saturated heterocycles. The van der Waals surface area contributed by atoms with Crippen LogP contribution in [0.5, 0.6) is 0 Å². The Morgan fingerprint density at radius 2 is 1.81 bits per heavy atom. The number of hydrogen-bond donors (Lipinski definition) is 1. The summed E-state index contributed by atoms with van der Waals surface area (Å²) in [5.41, 5.74) is 0.574. The first-order chi connectivity index (χ1) is 12.8. The Labute approximate surface area is 160 Å². The molecule has 3 rings (SSSR count). The minimum absolute atomic E-state index is 0.128. The number of carbonyl (C=O) groups is 1. The molecule has 1 spiro atoms. The molecule has 0 aliphatic carbocycles. The Morgan fingerprint density at radius 3 is 2.44 bits per heavy atom. The lowest BCUT2D eigenvalue weighted by molar-refractivity contribution is -0.185. The summed E-state index contributed by atoms with van der Waals surface area (Å²) < 4.78 is 37.4. The summed E-state index contributed by atoms with van der Waals surface area (Å²) in [4.78, 5) is 14.6. The van der Waals surface area contributed by atoms with Gasteiger partial charge >= 0.3 is 0 Å². The van der Waals surface area contributed by atoms with Gasteiger partial charge in [-0.3, -0.25) is 9.69 Å². The number of sulfonamides is 1. The zero-order valence-electron chi connectivity index (χ0n) is 15.8. The second kappa shape index (κ2) is 8.24. The maximum Gasteiger partial charge on any atom is 0.242 e. The number of piperidine rings is 1. The van der Waals surface area contributed by atoms with Crippen molar-refractivity contribution in [2.24, 2.45) is 0 Å². The molecule has 1 aromatic carbocycles. The highest BCUT2D eigenvalue weighted by Gasteiger charge is 2.39. The molecule has 0 unspecified atom stereocenters. The molecule has 2 aliphatic heterocycles. The Balaban J connectivity index is 1.53. The summed E-state index contributed by atoms with van der Waals surface area (Å²) in [6.45, 7) is 3.19. The van der Waals surface area contributed by atoms with E-state index in [0.717, 1.165) is 25.9 Å². The minimum Gasteiger partial charge on any atom is -0.351 e. The van der Waals surface area contributed by atoms with Crippen molar-refractivity contribution in [1.82, 2.24) is 14.5 Å². The van der Waals surface area contributed by atoms with Gasteiger partial charge in [-0.1, -0.05) is 18.2 Å². The van der Waals surface area contributed by atoms with Crippen molar-refractivity contribution < 1.29 is 22.7 Å². The Bertz CT molecular complexity index is 765. The van der Waals surface area contributed by atoms with Gasteiger partial charge in [0.05, 0.1) is 24.7 Å². The number of benzene rings is 1. The van der Waals surface area contributed by atoms with E-state index in [2.05, 4.69) is 10.2 Å². The van der Waals surface area contributed by atoms with Gasteiger partial charge in [-0.2, -0.15) is 0 Å². The van der Waals surface area contributed by atoms with Crippen molar-refractivity contribution in [3.8, 4) is 0 Å². The number of carbonyl (C=O) groups excluding carboxylic acids is 1. The van der Waals surface area contributed by atoms with Crippen LogP contribution in [0.15, 0.2) is 29.2 Å². The first-order valence-electron chi connectivity index (χ1n) is 9.10. The molecular weight excluding hydrogens is 370 g/mol. The average Bonchev–Trinajstić information content (AvgIpc) is 3.10. The van der Waals surface area contributed by atoms with E-state index in [-0.39, 0.29) is 23.9 Å². The molecule has 0 atom stereocenters. The molecule has 1 N–H and O–H groups in total. The van der Waals surface area contributed by atoms with Crippen LogP contribution in [0.1, 0.15) is 18.4 Å². The average molecular weight is 397 g/mol. The van der Waals surface area contributed by atoms with E-state index < -0.39 is 15.8 Å². The minimum atomic E-state index is -3.55. The van der Waals surface area contributed by atoms with Crippen LogP contribution < -0.4 is 5.32 Å². The highest BCUT2D eigenvalue weighted by Crippen LogP contribution is 2.31. The number of hydrogen-bond acceptors (Lipinski definition) is 6. The zero-order chi connectivity index (χ0) is 19.5. The number of nitrogens with zero attached hydrogens (tertiary/aromatic N) is 2. The number of rotatable bonds is 6. The second-order valence-electron chi connectivity index (χ2n) is 7.06. The van der Waals surface area contributed by atoms with E-state index in [9.17, 15) is 13.2 Å². The third kappa shape index (κ3) is 4.67. The molecule has 0 bridgehead atoms. The summed E-state index contributed by atoms with van der Waals surface area (Å²) in [7, 11) is -0.568. The molecule has 150 valence electrons. The Kier molecular flexibility index (Phi) is 6.17. The van der Waals surface area contributed by atoms with Crippen molar-refractivity contribution in [3.63, 3.8) is 0 Å². The van der Waals surface area contributed by atoms with Crippen LogP contribution in [0.3, 0.4) is 0 Å². The lowest BCUT2D eigenvalue weighted by Crippen LogP contribution is -2.48. The monoisotopic (exact) mass is 397 g/mol. The van der Waals surface area contributed by atoms with Crippen LogP contribution in [0.4, 0.5) is 0 Å². The molecule has 0 saturated carbocycles. The van der Waals surface area contributed by atoms with Crippen molar-refractivity contribution in [1.29, 1.82) is 0 Å². The third-order valence-electron chi connectivity index (χ3n) is 5.01. The van der Waals surface area contributed by atoms with Crippen LogP contribution >= 0.6 is 0 Å². The fourth-order valence-electron chi connectivity index (χ4n) is 3.39. The number of amides is 1. The number of nitrogens with one attached hydrogen (secondary N) is 1. The maximum absolute atomic E-state index is 12.4. The fourth-order valence-corrected chi connectivity index (χ4v) is 4.50.